The lowest BCUT2D eigenvalue weighted by molar-refractivity contribution is -0.143. The highest BCUT2D eigenvalue weighted by Gasteiger charge is 2.48. The Morgan fingerprint density at radius 1 is 0.945 bits per heavy atom. The summed E-state index contributed by atoms with van der Waals surface area (Å²) >= 11 is 0. The molecule has 55 heavy (non-hydrogen) atoms. The molecule has 4 atom stereocenters. The number of hydrogen-bond donors (Lipinski definition) is 5. The van der Waals surface area contributed by atoms with Crippen molar-refractivity contribution >= 4 is 41.5 Å². The first-order valence-electron chi connectivity index (χ1n) is 19.9. The molecule has 0 radical (unpaired) electrons. The molecule has 6 rings (SSSR count). The van der Waals surface area contributed by atoms with Crippen LogP contribution in [0.1, 0.15) is 134 Å². The van der Waals surface area contributed by atoms with E-state index >= 15 is 0 Å². The van der Waals surface area contributed by atoms with E-state index in [0.717, 1.165) is 86.3 Å². The molecule has 294 valence electrons. The van der Waals surface area contributed by atoms with E-state index in [-0.39, 0.29) is 43.2 Å². The molecule has 0 unspecified atom stereocenters. The summed E-state index contributed by atoms with van der Waals surface area (Å²) in [6.07, 6.45) is 14.0. The van der Waals surface area contributed by atoms with Crippen LogP contribution in [0.2, 0.25) is 0 Å². The van der Waals surface area contributed by atoms with Gasteiger partial charge in [0.05, 0.1) is 19.4 Å². The third-order valence-electron chi connectivity index (χ3n) is 12.4. The van der Waals surface area contributed by atoms with Gasteiger partial charge in [-0.15, -0.1) is 0 Å². The van der Waals surface area contributed by atoms with Crippen molar-refractivity contribution in [3.63, 3.8) is 0 Å². The van der Waals surface area contributed by atoms with Crippen LogP contribution in [-0.2, 0) is 32.1 Å². The summed E-state index contributed by atoms with van der Waals surface area (Å²) in [6, 6.07) is 0. The third-order valence-corrected chi connectivity index (χ3v) is 12.4. The minimum absolute atomic E-state index is 0.120. The number of Topliss-reactive ketones (excluding diaryl/α,β-unsaturated/α-hetero) is 1. The van der Waals surface area contributed by atoms with Gasteiger partial charge in [-0.3, -0.25) is 14.4 Å². The zero-order chi connectivity index (χ0) is 39.7. The van der Waals surface area contributed by atoms with Crippen molar-refractivity contribution < 1.29 is 29.0 Å². The number of aliphatic hydroxyl groups is 1. The number of methoxy groups -OCH3 is 1. The standard InChI is InChI=1S/C45H58N4O6/c1-10-23(3)13-12-14-24(4)17-18-55-38(51)16-15-30-26(6)34-19-32-27(7)31(22-50)37(47-32)20-33-25(5)29(11-2)36(46-33)21-35-28(8)39-43(49-35)40(42(30)48-34)41(44(39)52)45(53)54-9/h17,19-21,23,26,30,41,46-50H,10-16,18,22H2,1-9H3/b24-17+,33-20-,34-19-,36-21-,42-40-/t23-,26+,30+,41-/m1/s1. The number of ketones is 1. The van der Waals surface area contributed by atoms with Crippen molar-refractivity contribution in [3.05, 3.63) is 89.9 Å². The minimum atomic E-state index is -1.16. The monoisotopic (exact) mass is 750 g/mol. The number of nitrogens with one attached hydrogen (secondary N) is 4. The van der Waals surface area contributed by atoms with Crippen LogP contribution in [0.4, 0.5) is 0 Å². The van der Waals surface area contributed by atoms with Gasteiger partial charge in [0, 0.05) is 74.1 Å². The first-order chi connectivity index (χ1) is 26.3. The predicted octanol–water partition coefficient (Wildman–Crippen LogP) is 6.70. The van der Waals surface area contributed by atoms with Crippen LogP contribution in [0.3, 0.4) is 0 Å². The fourth-order valence-electron chi connectivity index (χ4n) is 8.63. The highest BCUT2D eigenvalue weighted by Crippen LogP contribution is 2.48. The second-order valence-corrected chi connectivity index (χ2v) is 15.8. The first kappa shape index (κ1) is 39.9. The molecule has 3 aliphatic rings. The van der Waals surface area contributed by atoms with Crippen molar-refractivity contribution in [2.45, 2.75) is 107 Å². The Hall–Kier alpha value is -4.83. The number of carbonyl (C=O) groups excluding carboxylic acids is 3. The molecule has 0 aromatic carbocycles. The zero-order valence-electron chi connectivity index (χ0n) is 34.0. The fraction of sp³-hybridized carbons (Fsp3) is 0.489. The Kier molecular flexibility index (Phi) is 12.0. The molecule has 1 saturated heterocycles. The van der Waals surface area contributed by atoms with Crippen LogP contribution < -0.4 is 16.0 Å². The summed E-state index contributed by atoms with van der Waals surface area (Å²) in [5.74, 6) is -2.04. The van der Waals surface area contributed by atoms with Crippen molar-refractivity contribution in [2.24, 2.45) is 23.7 Å². The average Bonchev–Trinajstić information content (AvgIpc) is 3.90. The lowest BCUT2D eigenvalue weighted by atomic mass is 9.85. The SMILES string of the molecule is CCc1c(C)/c2[nH]/c1=C\c1[nH]c3c(c1C)C(=O)[C@H](C(=O)OC)/C3=C1/N/C(=C\c3[nH]c(c(CO)c3C)\C=2)[C@@H](C)[C@@H]1CCC(=O)OC/C=C(\C)CCC[C@H](C)CC. The summed E-state index contributed by atoms with van der Waals surface area (Å²) in [5, 5.41) is 16.0. The molecule has 0 saturated carbocycles. The Morgan fingerprint density at radius 3 is 2.36 bits per heavy atom. The highest BCUT2D eigenvalue weighted by molar-refractivity contribution is 6.24. The van der Waals surface area contributed by atoms with Crippen molar-refractivity contribution in [3.8, 4) is 0 Å². The van der Waals surface area contributed by atoms with E-state index < -0.39 is 11.9 Å². The number of fused-ring (bicyclic) bond motifs is 7. The number of H-pyrrole nitrogens is 3. The topological polar surface area (TPSA) is 149 Å². The number of allylic oxidation sites excluding steroid dienone is 3. The molecule has 0 spiro atoms. The molecule has 3 aromatic heterocycles. The maximum Gasteiger partial charge on any atom is 0.321 e. The number of aromatic nitrogens is 3. The second-order valence-electron chi connectivity index (χ2n) is 15.8. The number of ether oxygens (including phenoxy) is 2. The minimum Gasteiger partial charge on any atom is -0.468 e. The summed E-state index contributed by atoms with van der Waals surface area (Å²) in [6.45, 7) is 16.9. The van der Waals surface area contributed by atoms with E-state index in [1.54, 1.807) is 0 Å². The molecule has 5 N–H and O–H groups in total. The van der Waals surface area contributed by atoms with E-state index in [9.17, 15) is 19.5 Å². The third kappa shape index (κ3) is 7.58. The van der Waals surface area contributed by atoms with Gasteiger partial charge in [-0.2, -0.15) is 0 Å². The Bertz CT molecular complexity index is 2220. The maximum absolute atomic E-state index is 14.3. The molecule has 2 aliphatic heterocycles. The predicted molar refractivity (Wildman–Crippen MR) is 216 cm³/mol. The number of carbonyl (C=O) groups is 3. The van der Waals surface area contributed by atoms with Gasteiger partial charge in [-0.05, 0) is 106 Å². The number of aromatic amines is 3. The molecular weight excluding hydrogens is 693 g/mol. The number of aliphatic hydroxyl groups excluding tert-OH is 1. The molecule has 10 nitrogen and oxygen atoms in total. The summed E-state index contributed by atoms with van der Waals surface area (Å²) in [4.78, 5) is 51.8. The van der Waals surface area contributed by atoms with Gasteiger partial charge in [0.1, 0.15) is 12.5 Å². The van der Waals surface area contributed by atoms with E-state index in [2.05, 4.69) is 67.9 Å². The lowest BCUT2D eigenvalue weighted by Crippen LogP contribution is -2.25. The van der Waals surface area contributed by atoms with Gasteiger partial charge in [0.25, 0.3) is 0 Å². The number of esters is 2. The van der Waals surface area contributed by atoms with Gasteiger partial charge in [0.15, 0.2) is 5.78 Å². The molecule has 0 amide bonds. The second kappa shape index (κ2) is 16.5. The quantitative estimate of drug-likeness (QED) is 0.0742. The van der Waals surface area contributed by atoms with Gasteiger partial charge >= 0.3 is 11.9 Å². The van der Waals surface area contributed by atoms with Crippen molar-refractivity contribution in [1.82, 2.24) is 20.3 Å². The molecule has 10 heteroatoms. The van der Waals surface area contributed by atoms with Crippen LogP contribution in [0.15, 0.2) is 23.0 Å². The van der Waals surface area contributed by atoms with Crippen molar-refractivity contribution in [2.75, 3.05) is 13.7 Å². The molecular formula is C45H58N4O6. The van der Waals surface area contributed by atoms with Crippen LogP contribution in [0.25, 0.3) is 23.8 Å². The van der Waals surface area contributed by atoms with Crippen LogP contribution >= 0.6 is 0 Å². The van der Waals surface area contributed by atoms with Crippen LogP contribution in [-0.4, -0.2) is 51.5 Å². The van der Waals surface area contributed by atoms with E-state index in [0.29, 0.717) is 29.2 Å². The van der Waals surface area contributed by atoms with Gasteiger partial charge in [-0.25, -0.2) is 0 Å². The molecule has 3 aromatic rings. The Balaban J connectivity index is 1.44. The van der Waals surface area contributed by atoms with E-state index in [1.165, 1.54) is 25.5 Å². The molecule has 8 bridgehead atoms. The number of rotatable bonds is 13. The van der Waals surface area contributed by atoms with E-state index in [1.807, 2.05) is 32.1 Å². The average molecular weight is 751 g/mol. The van der Waals surface area contributed by atoms with Crippen LogP contribution in [0, 0.1) is 44.4 Å². The van der Waals surface area contributed by atoms with Gasteiger partial charge in [0.2, 0.25) is 0 Å². The maximum atomic E-state index is 14.3. The molecule has 1 fully saturated rings. The smallest absolute Gasteiger partial charge is 0.321 e. The molecule has 1 aliphatic carbocycles. The van der Waals surface area contributed by atoms with Gasteiger partial charge < -0.3 is 34.8 Å². The first-order valence-corrected chi connectivity index (χ1v) is 19.9. The van der Waals surface area contributed by atoms with Gasteiger partial charge in [-0.1, -0.05) is 46.1 Å². The highest BCUT2D eigenvalue weighted by atomic mass is 16.5. The fourth-order valence-corrected chi connectivity index (χ4v) is 8.63. The van der Waals surface area contributed by atoms with E-state index in [4.69, 9.17) is 9.47 Å². The summed E-state index contributed by atoms with van der Waals surface area (Å²) < 4.78 is 11.0. The zero-order valence-corrected chi connectivity index (χ0v) is 34.0. The summed E-state index contributed by atoms with van der Waals surface area (Å²) in [7, 11) is 1.30. The Morgan fingerprint density at radius 2 is 1.67 bits per heavy atom. The summed E-state index contributed by atoms with van der Waals surface area (Å²) in [5.41, 5.74) is 11.6. The number of hydrogen-bond acceptors (Lipinski definition) is 7. The van der Waals surface area contributed by atoms with Crippen molar-refractivity contribution in [1.29, 1.82) is 0 Å². The van der Waals surface area contributed by atoms with Crippen LogP contribution in [0.5, 0.6) is 0 Å². The Labute approximate surface area is 324 Å². The molecule has 5 heterocycles. The largest absolute Gasteiger partial charge is 0.468 e. The lowest BCUT2D eigenvalue weighted by Gasteiger charge is -2.19. The normalized spacial score (nSPS) is 23.0.